The summed E-state index contributed by atoms with van der Waals surface area (Å²) in [5.74, 6) is 1.61. The lowest BCUT2D eigenvalue weighted by atomic mass is 10.2. The van der Waals surface area contributed by atoms with Crippen LogP contribution in [0.2, 0.25) is 0 Å². The number of aryl methyl sites for hydroxylation is 2. The van der Waals surface area contributed by atoms with Crippen molar-refractivity contribution in [3.63, 3.8) is 0 Å². The number of nitrogens with zero attached hydrogens (tertiary/aromatic N) is 4. The summed E-state index contributed by atoms with van der Waals surface area (Å²) in [4.78, 5) is 32.7. The molecule has 0 atom stereocenters. The molecule has 0 N–H and O–H groups in total. The van der Waals surface area contributed by atoms with Crippen LogP contribution in [-0.2, 0) is 13.1 Å². The topological polar surface area (TPSA) is 88.2 Å². The van der Waals surface area contributed by atoms with Crippen LogP contribution in [0.15, 0.2) is 107 Å². The number of methoxy groups -OCH3 is 2. The van der Waals surface area contributed by atoms with Crippen LogP contribution >= 0.6 is 0 Å². The molecule has 0 amide bonds. The normalized spacial score (nSPS) is 10.3. The molecule has 228 valence electrons. The van der Waals surface area contributed by atoms with E-state index in [0.717, 1.165) is 55.8 Å². The summed E-state index contributed by atoms with van der Waals surface area (Å²) in [6, 6.07) is 27.3. The van der Waals surface area contributed by atoms with Crippen LogP contribution in [0.25, 0.3) is 22.1 Å². The average Bonchev–Trinajstić information content (AvgIpc) is 3.01. The van der Waals surface area contributed by atoms with Crippen LogP contribution < -0.4 is 20.6 Å². The maximum atomic E-state index is 12.1. The van der Waals surface area contributed by atoms with Crippen molar-refractivity contribution in [1.29, 1.82) is 0 Å². The molecule has 0 unspecified atom stereocenters. The molecule has 0 aliphatic rings. The standard InChI is InChI=1S/2C17H16N2O2.2CH4/c1-12-3-8-16-15(9-12)18-10-17(20)19(16)11-13-4-6-14(21-2)7-5-13;1-12-3-8-15-16(9-12)19(17(20)10-18-15)11-13-4-6-14(21-2)7-5-13;;/h2*3-10H,11H2,1-2H3;2*1H4. The molecule has 8 nitrogen and oxygen atoms in total. The van der Waals surface area contributed by atoms with Crippen LogP contribution in [0.5, 0.6) is 11.5 Å². The van der Waals surface area contributed by atoms with E-state index >= 15 is 0 Å². The maximum Gasteiger partial charge on any atom is 0.269 e. The minimum absolute atomic E-state index is 0. The number of ether oxygens (including phenoxy) is 2. The summed E-state index contributed by atoms with van der Waals surface area (Å²) in [7, 11) is 3.27. The lowest BCUT2D eigenvalue weighted by Crippen LogP contribution is -2.21. The van der Waals surface area contributed by atoms with E-state index in [-0.39, 0.29) is 26.0 Å². The molecule has 0 aliphatic heterocycles. The largest absolute Gasteiger partial charge is 0.497 e. The zero-order chi connectivity index (χ0) is 29.6. The Morgan fingerprint density at radius 1 is 0.568 bits per heavy atom. The van der Waals surface area contributed by atoms with E-state index < -0.39 is 0 Å². The van der Waals surface area contributed by atoms with Gasteiger partial charge in [-0.1, -0.05) is 51.3 Å². The Balaban J connectivity index is 0.000000230. The molecule has 6 rings (SSSR count). The van der Waals surface area contributed by atoms with E-state index in [4.69, 9.17) is 9.47 Å². The number of hydrogen-bond donors (Lipinski definition) is 0. The minimum atomic E-state index is -0.0952. The predicted molar refractivity (Wildman–Crippen MR) is 179 cm³/mol. The van der Waals surface area contributed by atoms with Crippen LogP contribution in [-0.4, -0.2) is 33.3 Å². The Labute approximate surface area is 258 Å². The van der Waals surface area contributed by atoms with Gasteiger partial charge in [0.15, 0.2) is 0 Å². The number of fused-ring (bicyclic) bond motifs is 2. The Morgan fingerprint density at radius 3 is 1.55 bits per heavy atom. The molecule has 44 heavy (non-hydrogen) atoms. The zero-order valence-electron chi connectivity index (χ0n) is 24.1. The summed E-state index contributed by atoms with van der Waals surface area (Å²) in [5, 5.41) is 0. The second kappa shape index (κ2) is 14.8. The first-order chi connectivity index (χ1) is 20.3. The first kappa shape index (κ1) is 33.3. The highest BCUT2D eigenvalue weighted by molar-refractivity contribution is 5.76. The van der Waals surface area contributed by atoms with E-state index in [9.17, 15) is 9.59 Å². The molecule has 2 heterocycles. The number of hydrogen-bond acceptors (Lipinski definition) is 6. The monoisotopic (exact) mass is 592 g/mol. The SMILES string of the molecule is C.C.COc1ccc(Cn2c(=O)cnc3cc(C)ccc32)cc1.COc1ccc(Cn2c(=O)cnc3ccc(C)cc32)cc1. The molecule has 2 aromatic heterocycles. The lowest BCUT2D eigenvalue weighted by Gasteiger charge is -2.10. The van der Waals surface area contributed by atoms with Gasteiger partial charge in [-0.05, 0) is 84.6 Å². The third kappa shape index (κ3) is 7.58. The highest BCUT2D eigenvalue weighted by atomic mass is 16.5. The fraction of sp³-hybridized carbons (Fsp3) is 0.222. The highest BCUT2D eigenvalue weighted by Gasteiger charge is 2.07. The van der Waals surface area contributed by atoms with Gasteiger partial charge in [-0.15, -0.1) is 0 Å². The number of rotatable bonds is 6. The molecular weight excluding hydrogens is 552 g/mol. The zero-order valence-corrected chi connectivity index (χ0v) is 24.1. The summed E-state index contributed by atoms with van der Waals surface area (Å²) >= 11 is 0. The number of benzene rings is 4. The van der Waals surface area contributed by atoms with E-state index in [1.165, 1.54) is 12.4 Å². The van der Waals surface area contributed by atoms with Gasteiger partial charge in [0.05, 0.1) is 61.8 Å². The van der Waals surface area contributed by atoms with Gasteiger partial charge in [0.2, 0.25) is 0 Å². The van der Waals surface area contributed by atoms with Gasteiger partial charge in [-0.2, -0.15) is 0 Å². The lowest BCUT2D eigenvalue weighted by molar-refractivity contribution is 0.414. The van der Waals surface area contributed by atoms with Crippen molar-refractivity contribution in [1.82, 2.24) is 19.1 Å². The molecule has 0 aliphatic carbocycles. The molecule has 0 radical (unpaired) electrons. The van der Waals surface area contributed by atoms with Gasteiger partial charge in [-0.3, -0.25) is 9.59 Å². The highest BCUT2D eigenvalue weighted by Crippen LogP contribution is 2.17. The Bertz CT molecular complexity index is 1960. The molecule has 0 saturated heterocycles. The van der Waals surface area contributed by atoms with Gasteiger partial charge in [0, 0.05) is 0 Å². The molecular formula is C36H40N4O4. The van der Waals surface area contributed by atoms with Gasteiger partial charge in [-0.25, -0.2) is 9.97 Å². The quantitative estimate of drug-likeness (QED) is 0.212. The predicted octanol–water partition coefficient (Wildman–Crippen LogP) is 6.80. The minimum Gasteiger partial charge on any atom is -0.497 e. The first-order valence-electron chi connectivity index (χ1n) is 13.5. The van der Waals surface area contributed by atoms with Crippen LogP contribution in [0.1, 0.15) is 37.1 Å². The Kier molecular flexibility index (Phi) is 11.2. The second-order valence-electron chi connectivity index (χ2n) is 10.0. The first-order valence-corrected chi connectivity index (χ1v) is 13.5. The van der Waals surface area contributed by atoms with Crippen molar-refractivity contribution in [3.8, 4) is 11.5 Å². The van der Waals surface area contributed by atoms with Crippen molar-refractivity contribution >= 4 is 22.1 Å². The van der Waals surface area contributed by atoms with Crippen molar-refractivity contribution in [3.05, 3.63) is 140 Å². The van der Waals surface area contributed by atoms with Gasteiger partial charge >= 0.3 is 0 Å². The molecule has 0 bridgehead atoms. The van der Waals surface area contributed by atoms with Crippen molar-refractivity contribution in [2.75, 3.05) is 14.2 Å². The molecule has 0 fully saturated rings. The fourth-order valence-electron chi connectivity index (χ4n) is 4.70. The van der Waals surface area contributed by atoms with Gasteiger partial charge in [0.1, 0.15) is 11.5 Å². The van der Waals surface area contributed by atoms with Crippen molar-refractivity contribution < 1.29 is 9.47 Å². The van der Waals surface area contributed by atoms with E-state index in [2.05, 4.69) is 9.97 Å². The molecule has 0 saturated carbocycles. The second-order valence-corrected chi connectivity index (χ2v) is 10.0. The van der Waals surface area contributed by atoms with Gasteiger partial charge < -0.3 is 18.6 Å². The van der Waals surface area contributed by atoms with Crippen LogP contribution in [0, 0.1) is 13.8 Å². The van der Waals surface area contributed by atoms with Crippen LogP contribution in [0.4, 0.5) is 0 Å². The van der Waals surface area contributed by atoms with Crippen molar-refractivity contribution in [2.45, 2.75) is 41.8 Å². The summed E-state index contributed by atoms with van der Waals surface area (Å²) in [5.41, 5.74) is 7.52. The van der Waals surface area contributed by atoms with E-state index in [0.29, 0.717) is 13.1 Å². The Morgan fingerprint density at radius 2 is 1.02 bits per heavy atom. The van der Waals surface area contributed by atoms with Crippen LogP contribution in [0.3, 0.4) is 0 Å². The molecule has 8 heteroatoms. The Hall–Kier alpha value is -5.24. The average molecular weight is 593 g/mol. The van der Waals surface area contributed by atoms with Crippen molar-refractivity contribution in [2.24, 2.45) is 0 Å². The molecule has 0 spiro atoms. The third-order valence-electron chi connectivity index (χ3n) is 7.00. The maximum absolute atomic E-state index is 12.1. The number of aromatic nitrogens is 4. The summed E-state index contributed by atoms with van der Waals surface area (Å²) in [6.45, 7) is 5.06. The molecule has 4 aromatic carbocycles. The summed E-state index contributed by atoms with van der Waals surface area (Å²) < 4.78 is 13.8. The fourth-order valence-corrected chi connectivity index (χ4v) is 4.70. The van der Waals surface area contributed by atoms with E-state index in [1.54, 1.807) is 23.4 Å². The smallest absolute Gasteiger partial charge is 0.269 e. The van der Waals surface area contributed by atoms with E-state index in [1.807, 2.05) is 98.8 Å². The third-order valence-corrected chi connectivity index (χ3v) is 7.00. The van der Waals surface area contributed by atoms with Gasteiger partial charge in [0.25, 0.3) is 11.1 Å². The molecule has 6 aromatic rings. The summed E-state index contributed by atoms with van der Waals surface area (Å²) in [6.07, 6.45) is 2.76.